The summed E-state index contributed by atoms with van der Waals surface area (Å²) in [5, 5.41) is 13.0. The van der Waals surface area contributed by atoms with Gasteiger partial charge in [-0.15, -0.1) is 0 Å². The first-order valence-corrected chi connectivity index (χ1v) is 8.36. The molecule has 1 aliphatic heterocycles. The molecule has 4 heterocycles. The number of aromatic carboxylic acids is 1. The number of aryl methyl sites for hydroxylation is 1. The van der Waals surface area contributed by atoms with Crippen LogP contribution in [0.3, 0.4) is 0 Å². The Hall–Kier alpha value is -2.98. The first-order valence-electron chi connectivity index (χ1n) is 8.36. The van der Waals surface area contributed by atoms with E-state index in [4.69, 9.17) is 4.52 Å². The molecule has 1 aliphatic rings. The predicted octanol–water partition coefficient (Wildman–Crippen LogP) is -2.66. The summed E-state index contributed by atoms with van der Waals surface area (Å²) < 4.78 is 21.2. The molecule has 0 amide bonds. The predicted molar refractivity (Wildman–Crippen MR) is 92.6 cm³/mol. The van der Waals surface area contributed by atoms with Crippen LogP contribution in [0.25, 0.3) is 16.9 Å². The molecule has 1 saturated heterocycles. The number of hydrogen-bond acceptors (Lipinski definition) is 6. The van der Waals surface area contributed by atoms with Gasteiger partial charge < -0.3 is 32.7 Å². The minimum Gasteiger partial charge on any atom is -1.00 e. The number of fused-ring (bicyclic) bond motifs is 1. The molecule has 3 aromatic rings. The van der Waals surface area contributed by atoms with Crippen LogP contribution in [0.5, 0.6) is 0 Å². The number of carbonyl (C=O) groups is 1. The molecule has 28 heavy (non-hydrogen) atoms. The van der Waals surface area contributed by atoms with E-state index in [2.05, 4.69) is 15.9 Å². The van der Waals surface area contributed by atoms with Gasteiger partial charge in [0.15, 0.2) is 17.3 Å². The number of carboxylic acids is 1. The molecule has 0 bridgehead atoms. The number of hydrogen-bond donors (Lipinski definition) is 2. The highest BCUT2D eigenvalue weighted by Gasteiger charge is 2.27. The van der Waals surface area contributed by atoms with Crippen molar-refractivity contribution in [1.82, 2.24) is 14.7 Å². The van der Waals surface area contributed by atoms with Crippen LogP contribution < -0.4 is 28.5 Å². The average Bonchev–Trinajstić information content (AvgIpc) is 3.23. The zero-order chi connectivity index (χ0) is 19.3. The first-order chi connectivity index (χ1) is 12.8. The van der Waals surface area contributed by atoms with Gasteiger partial charge in [0, 0.05) is 25.2 Å². The standard InChI is InChI=1S/C17H16FN5O4.ClH/c1-8-4-13(27-21-8)23-7-11(17(25)26)14(24)10-5-12(18)16(20-15(10)23)22-3-2-9(19)6-22;/h4-5,7,9H,2-3,6,19H2,1H3,(H,25,26);1H. The fourth-order valence-corrected chi connectivity index (χ4v) is 3.25. The lowest BCUT2D eigenvalue weighted by Crippen LogP contribution is -3.00. The SMILES string of the molecule is Cc1cc(-n2cc(C(=O)O)c(=O)c3cc(F)c(N4CCC([NH3+])C4)nc32)on1.[Cl-]. The maximum Gasteiger partial charge on any atom is 0.341 e. The van der Waals surface area contributed by atoms with Crippen molar-refractivity contribution in [2.24, 2.45) is 0 Å². The zero-order valence-electron chi connectivity index (χ0n) is 14.9. The minimum absolute atomic E-state index is 0. The number of rotatable bonds is 3. The van der Waals surface area contributed by atoms with E-state index in [1.54, 1.807) is 17.9 Å². The second-order valence-electron chi connectivity index (χ2n) is 6.62. The smallest absolute Gasteiger partial charge is 0.341 e. The van der Waals surface area contributed by atoms with Crippen molar-refractivity contribution in [1.29, 1.82) is 0 Å². The van der Waals surface area contributed by atoms with E-state index in [1.165, 1.54) is 4.57 Å². The summed E-state index contributed by atoms with van der Waals surface area (Å²) in [6.07, 6.45) is 1.93. The lowest BCUT2D eigenvalue weighted by Gasteiger charge is -2.18. The van der Waals surface area contributed by atoms with E-state index >= 15 is 0 Å². The van der Waals surface area contributed by atoms with Crippen LogP contribution in [0.1, 0.15) is 22.5 Å². The van der Waals surface area contributed by atoms with Gasteiger partial charge in [0.25, 0.3) is 0 Å². The van der Waals surface area contributed by atoms with Crippen molar-refractivity contribution >= 4 is 22.8 Å². The van der Waals surface area contributed by atoms with Gasteiger partial charge in [-0.3, -0.25) is 9.36 Å². The van der Waals surface area contributed by atoms with E-state index in [1.807, 2.05) is 0 Å². The van der Waals surface area contributed by atoms with Gasteiger partial charge in [0.05, 0.1) is 17.6 Å². The van der Waals surface area contributed by atoms with Gasteiger partial charge in [0.2, 0.25) is 11.3 Å². The molecule has 1 unspecified atom stereocenters. The lowest BCUT2D eigenvalue weighted by atomic mass is 10.2. The molecule has 1 atom stereocenters. The largest absolute Gasteiger partial charge is 1.00 e. The molecule has 0 saturated carbocycles. The number of pyridine rings is 2. The molecule has 148 valence electrons. The number of anilines is 1. The highest BCUT2D eigenvalue weighted by atomic mass is 35.5. The Morgan fingerprint density at radius 1 is 1.43 bits per heavy atom. The summed E-state index contributed by atoms with van der Waals surface area (Å²) in [6, 6.07) is 2.76. The summed E-state index contributed by atoms with van der Waals surface area (Å²) in [4.78, 5) is 30.1. The summed E-state index contributed by atoms with van der Waals surface area (Å²) in [6.45, 7) is 2.85. The minimum atomic E-state index is -1.42. The number of nitrogens with zero attached hydrogens (tertiary/aromatic N) is 4. The monoisotopic (exact) mass is 409 g/mol. The van der Waals surface area contributed by atoms with E-state index < -0.39 is 22.8 Å². The van der Waals surface area contributed by atoms with E-state index in [0.29, 0.717) is 18.8 Å². The molecule has 0 aliphatic carbocycles. The Morgan fingerprint density at radius 3 is 2.75 bits per heavy atom. The molecule has 4 rings (SSSR count). The lowest BCUT2D eigenvalue weighted by molar-refractivity contribution is -0.412. The van der Waals surface area contributed by atoms with Gasteiger partial charge in [-0.05, 0) is 13.0 Å². The fourth-order valence-electron chi connectivity index (χ4n) is 3.25. The van der Waals surface area contributed by atoms with E-state index in [9.17, 15) is 19.1 Å². The normalized spacial score (nSPS) is 16.4. The van der Waals surface area contributed by atoms with Gasteiger partial charge in [-0.1, -0.05) is 5.16 Å². The van der Waals surface area contributed by atoms with Crippen molar-refractivity contribution in [2.75, 3.05) is 18.0 Å². The number of aromatic nitrogens is 3. The van der Waals surface area contributed by atoms with Gasteiger partial charge in [-0.25, -0.2) is 14.2 Å². The van der Waals surface area contributed by atoms with Crippen LogP contribution >= 0.6 is 0 Å². The highest BCUT2D eigenvalue weighted by molar-refractivity contribution is 5.92. The molecule has 3 aromatic heterocycles. The summed E-state index contributed by atoms with van der Waals surface area (Å²) in [5.74, 6) is -1.82. The molecule has 9 nitrogen and oxygen atoms in total. The summed E-state index contributed by atoms with van der Waals surface area (Å²) in [5.41, 5.74) is 3.33. The fraction of sp³-hybridized carbons (Fsp3) is 0.294. The molecule has 11 heteroatoms. The quantitative estimate of drug-likeness (QED) is 0.483. The molecule has 1 fully saturated rings. The van der Waals surface area contributed by atoms with Crippen molar-refractivity contribution in [3.8, 4) is 5.88 Å². The van der Waals surface area contributed by atoms with E-state index in [-0.39, 0.29) is 41.2 Å². The maximum absolute atomic E-state index is 14.7. The Morgan fingerprint density at radius 2 is 2.18 bits per heavy atom. The molecule has 0 spiro atoms. The molecular formula is C17H17ClFN5O4. The van der Waals surface area contributed by atoms with Crippen molar-refractivity contribution in [3.63, 3.8) is 0 Å². The summed E-state index contributed by atoms with van der Waals surface area (Å²) >= 11 is 0. The van der Waals surface area contributed by atoms with Crippen molar-refractivity contribution in [3.05, 3.63) is 45.6 Å². The van der Waals surface area contributed by atoms with Gasteiger partial charge in [-0.2, -0.15) is 0 Å². The van der Waals surface area contributed by atoms with E-state index in [0.717, 1.165) is 18.7 Å². The van der Waals surface area contributed by atoms with Crippen molar-refractivity contribution < 1.29 is 37.0 Å². The average molecular weight is 410 g/mol. The number of halogens is 2. The Balaban J connectivity index is 0.00000225. The van der Waals surface area contributed by atoms with Crippen LogP contribution in [0, 0.1) is 12.7 Å². The Bertz CT molecular complexity index is 1130. The van der Waals surface area contributed by atoms with Crippen LogP contribution in [0.15, 0.2) is 27.6 Å². The molecule has 0 radical (unpaired) electrons. The Labute approximate surface area is 164 Å². The van der Waals surface area contributed by atoms with Crippen LogP contribution in [0.2, 0.25) is 0 Å². The molecule has 4 N–H and O–H groups in total. The van der Waals surface area contributed by atoms with Gasteiger partial charge in [0.1, 0.15) is 11.6 Å². The topological polar surface area (TPSA) is 129 Å². The molecule has 0 aromatic carbocycles. The van der Waals surface area contributed by atoms with Crippen LogP contribution in [-0.2, 0) is 0 Å². The third-order valence-electron chi connectivity index (χ3n) is 4.58. The number of carboxylic acid groups (broad SMARTS) is 1. The first kappa shape index (κ1) is 19.8. The second-order valence-corrected chi connectivity index (χ2v) is 6.62. The van der Waals surface area contributed by atoms with Crippen LogP contribution in [0.4, 0.5) is 10.2 Å². The zero-order valence-corrected chi connectivity index (χ0v) is 15.6. The third-order valence-corrected chi connectivity index (χ3v) is 4.58. The van der Waals surface area contributed by atoms with Crippen LogP contribution in [-0.4, -0.2) is 44.9 Å². The third kappa shape index (κ3) is 3.20. The highest BCUT2D eigenvalue weighted by Crippen LogP contribution is 2.25. The van der Waals surface area contributed by atoms with Gasteiger partial charge >= 0.3 is 5.97 Å². The second kappa shape index (κ2) is 7.21. The number of quaternary nitrogens is 1. The van der Waals surface area contributed by atoms with Crippen molar-refractivity contribution in [2.45, 2.75) is 19.4 Å². The molecular weight excluding hydrogens is 393 g/mol. The Kier molecular flexibility index (Phi) is 5.09. The maximum atomic E-state index is 14.7. The summed E-state index contributed by atoms with van der Waals surface area (Å²) in [7, 11) is 0.